The summed E-state index contributed by atoms with van der Waals surface area (Å²) in [5.41, 5.74) is 1.13. The van der Waals surface area contributed by atoms with Gasteiger partial charge in [0.25, 0.3) is 0 Å². The second kappa shape index (κ2) is 16.3. The molecule has 1 saturated heterocycles. The van der Waals surface area contributed by atoms with Crippen LogP contribution in [0.25, 0.3) is 0 Å². The molecule has 184 valence electrons. The maximum absolute atomic E-state index is 5.73. The molecular formula is C23H41IN4O4. The molecule has 1 aliphatic rings. The van der Waals surface area contributed by atoms with Crippen molar-refractivity contribution in [2.75, 3.05) is 67.8 Å². The number of rotatable bonds is 13. The van der Waals surface area contributed by atoms with Gasteiger partial charge in [-0.1, -0.05) is 6.07 Å². The summed E-state index contributed by atoms with van der Waals surface area (Å²) in [6.07, 6.45) is 3.47. The Bertz CT molecular complexity index is 669. The Labute approximate surface area is 210 Å². The molecule has 8 nitrogen and oxygen atoms in total. The van der Waals surface area contributed by atoms with Gasteiger partial charge in [-0.2, -0.15) is 0 Å². The molecule has 0 bridgehead atoms. The van der Waals surface area contributed by atoms with E-state index in [4.69, 9.17) is 23.9 Å². The fraction of sp³-hybridized carbons (Fsp3) is 0.696. The largest absolute Gasteiger partial charge is 0.493 e. The highest BCUT2D eigenvalue weighted by atomic mass is 127. The fourth-order valence-corrected chi connectivity index (χ4v) is 3.52. The quantitative estimate of drug-likeness (QED) is 0.165. The van der Waals surface area contributed by atoms with Crippen LogP contribution >= 0.6 is 24.0 Å². The van der Waals surface area contributed by atoms with Gasteiger partial charge >= 0.3 is 0 Å². The lowest BCUT2D eigenvalue weighted by atomic mass is 10.1. The molecule has 2 unspecified atom stereocenters. The number of ether oxygens (including phenoxy) is 4. The van der Waals surface area contributed by atoms with Crippen molar-refractivity contribution in [2.45, 2.75) is 38.3 Å². The average molecular weight is 565 g/mol. The third-order valence-corrected chi connectivity index (χ3v) is 5.27. The molecule has 0 saturated carbocycles. The number of guanidine groups is 1. The van der Waals surface area contributed by atoms with E-state index in [1.165, 1.54) is 0 Å². The minimum atomic E-state index is 0. The van der Waals surface area contributed by atoms with E-state index >= 15 is 0 Å². The molecule has 2 rings (SSSR count). The van der Waals surface area contributed by atoms with Crippen molar-refractivity contribution >= 4 is 29.9 Å². The first kappa shape index (κ1) is 28.7. The van der Waals surface area contributed by atoms with Gasteiger partial charge in [-0.05, 0) is 58.0 Å². The van der Waals surface area contributed by atoms with E-state index in [0.717, 1.165) is 68.6 Å². The molecule has 2 N–H and O–H groups in total. The summed E-state index contributed by atoms with van der Waals surface area (Å²) in [7, 11) is 7.42. The Morgan fingerprint density at radius 2 is 2.00 bits per heavy atom. The summed E-state index contributed by atoms with van der Waals surface area (Å²) in [6, 6.07) is 6.14. The van der Waals surface area contributed by atoms with Gasteiger partial charge in [0.1, 0.15) is 0 Å². The summed E-state index contributed by atoms with van der Waals surface area (Å²) in [5.74, 6) is 2.27. The second-order valence-electron chi connectivity index (χ2n) is 7.80. The predicted molar refractivity (Wildman–Crippen MR) is 140 cm³/mol. The van der Waals surface area contributed by atoms with Gasteiger partial charge in [0.05, 0.1) is 39.5 Å². The van der Waals surface area contributed by atoms with Crippen LogP contribution in [0.2, 0.25) is 0 Å². The molecule has 0 amide bonds. The van der Waals surface area contributed by atoms with E-state index in [1.807, 2.05) is 12.1 Å². The molecule has 0 aromatic heterocycles. The van der Waals surface area contributed by atoms with Crippen molar-refractivity contribution in [1.82, 2.24) is 15.5 Å². The maximum Gasteiger partial charge on any atom is 0.191 e. The Morgan fingerprint density at radius 1 is 1.22 bits per heavy atom. The summed E-state index contributed by atoms with van der Waals surface area (Å²) >= 11 is 0. The van der Waals surface area contributed by atoms with Crippen LogP contribution in [0.3, 0.4) is 0 Å². The number of methoxy groups -OCH3 is 2. The van der Waals surface area contributed by atoms with Crippen molar-refractivity contribution < 1.29 is 18.9 Å². The van der Waals surface area contributed by atoms with Crippen LogP contribution in [0.5, 0.6) is 11.5 Å². The first-order valence-corrected chi connectivity index (χ1v) is 11.2. The second-order valence-corrected chi connectivity index (χ2v) is 7.80. The molecule has 1 aromatic carbocycles. The standard InChI is InChI=1S/C23H40N4O4.HI/c1-6-24-23(25-12-8-13-30-17-19-9-7-14-31-19)26-16-20(27(2)3)18-10-11-21(28-4)22(15-18)29-5;/h10-11,15,19-20H,6-9,12-14,16-17H2,1-5H3,(H2,24,25,26);1H. The van der Waals surface area contributed by atoms with Gasteiger partial charge in [-0.25, -0.2) is 0 Å². The highest BCUT2D eigenvalue weighted by Gasteiger charge is 2.17. The molecule has 2 atom stereocenters. The molecule has 1 fully saturated rings. The van der Waals surface area contributed by atoms with Crippen molar-refractivity contribution in [2.24, 2.45) is 4.99 Å². The molecule has 0 aliphatic carbocycles. The molecule has 32 heavy (non-hydrogen) atoms. The van der Waals surface area contributed by atoms with Crippen LogP contribution in [0.4, 0.5) is 0 Å². The smallest absolute Gasteiger partial charge is 0.191 e. The van der Waals surface area contributed by atoms with E-state index in [0.29, 0.717) is 13.2 Å². The Morgan fingerprint density at radius 3 is 2.62 bits per heavy atom. The van der Waals surface area contributed by atoms with Crippen molar-refractivity contribution in [3.63, 3.8) is 0 Å². The summed E-state index contributed by atoms with van der Waals surface area (Å²) in [6.45, 7) is 6.59. The predicted octanol–water partition coefficient (Wildman–Crippen LogP) is 3.07. The van der Waals surface area contributed by atoms with Gasteiger partial charge < -0.3 is 34.5 Å². The highest BCUT2D eigenvalue weighted by Crippen LogP contribution is 2.31. The molecular weight excluding hydrogens is 523 g/mol. The number of hydrogen-bond donors (Lipinski definition) is 2. The van der Waals surface area contributed by atoms with Gasteiger partial charge in [0, 0.05) is 26.3 Å². The Kier molecular flexibility index (Phi) is 14.7. The zero-order valence-corrected chi connectivity index (χ0v) is 22.5. The zero-order chi connectivity index (χ0) is 22.5. The van der Waals surface area contributed by atoms with Crippen LogP contribution < -0.4 is 20.1 Å². The minimum Gasteiger partial charge on any atom is -0.493 e. The molecule has 0 radical (unpaired) electrons. The number of halogens is 1. The van der Waals surface area contributed by atoms with Crippen LogP contribution in [-0.2, 0) is 9.47 Å². The third-order valence-electron chi connectivity index (χ3n) is 5.27. The summed E-state index contributed by atoms with van der Waals surface area (Å²) < 4.78 is 22.1. The van der Waals surface area contributed by atoms with Crippen LogP contribution in [0.1, 0.15) is 37.8 Å². The highest BCUT2D eigenvalue weighted by molar-refractivity contribution is 14.0. The minimum absolute atomic E-state index is 0. The maximum atomic E-state index is 5.73. The van der Waals surface area contributed by atoms with E-state index in [-0.39, 0.29) is 36.1 Å². The first-order valence-electron chi connectivity index (χ1n) is 11.2. The number of nitrogens with zero attached hydrogens (tertiary/aromatic N) is 2. The monoisotopic (exact) mass is 564 g/mol. The zero-order valence-electron chi connectivity index (χ0n) is 20.2. The SMILES string of the molecule is CCNC(=NCC(c1ccc(OC)c(OC)c1)N(C)C)NCCCOCC1CCCO1.I. The number of nitrogens with one attached hydrogen (secondary N) is 2. The molecule has 9 heteroatoms. The summed E-state index contributed by atoms with van der Waals surface area (Å²) in [5, 5.41) is 6.72. The van der Waals surface area contributed by atoms with E-state index in [9.17, 15) is 0 Å². The fourth-order valence-electron chi connectivity index (χ4n) is 3.52. The van der Waals surface area contributed by atoms with Crippen molar-refractivity contribution in [3.05, 3.63) is 23.8 Å². The lowest BCUT2D eigenvalue weighted by Crippen LogP contribution is -2.39. The van der Waals surface area contributed by atoms with Crippen molar-refractivity contribution in [1.29, 1.82) is 0 Å². The van der Waals surface area contributed by atoms with Crippen LogP contribution in [-0.4, -0.2) is 84.7 Å². The topological polar surface area (TPSA) is 76.6 Å². The lowest BCUT2D eigenvalue weighted by Gasteiger charge is -2.24. The van der Waals surface area contributed by atoms with E-state index < -0.39 is 0 Å². The average Bonchev–Trinajstić information content (AvgIpc) is 3.29. The third kappa shape index (κ3) is 9.68. The van der Waals surface area contributed by atoms with Crippen LogP contribution in [0.15, 0.2) is 23.2 Å². The first-order chi connectivity index (χ1) is 15.1. The normalized spacial score (nSPS) is 17.1. The molecule has 1 heterocycles. The Hall–Kier alpha value is -1.30. The van der Waals surface area contributed by atoms with Gasteiger partial charge in [-0.15, -0.1) is 24.0 Å². The Balaban J connectivity index is 0.00000512. The van der Waals surface area contributed by atoms with Gasteiger partial charge in [-0.3, -0.25) is 4.99 Å². The van der Waals surface area contributed by atoms with Crippen LogP contribution in [0, 0.1) is 0 Å². The summed E-state index contributed by atoms with van der Waals surface area (Å²) in [4.78, 5) is 6.97. The number of likely N-dealkylation sites (N-methyl/N-ethyl adjacent to an activating group) is 1. The van der Waals surface area contributed by atoms with E-state index in [2.05, 4.69) is 42.6 Å². The van der Waals surface area contributed by atoms with E-state index in [1.54, 1.807) is 14.2 Å². The number of benzene rings is 1. The number of aliphatic imine (C=N–C) groups is 1. The molecule has 1 aliphatic heterocycles. The van der Waals surface area contributed by atoms with Gasteiger partial charge in [0.2, 0.25) is 0 Å². The van der Waals surface area contributed by atoms with Crippen molar-refractivity contribution in [3.8, 4) is 11.5 Å². The molecule has 0 spiro atoms. The van der Waals surface area contributed by atoms with Gasteiger partial charge in [0.15, 0.2) is 17.5 Å². The molecule has 1 aromatic rings. The lowest BCUT2D eigenvalue weighted by molar-refractivity contribution is 0.0168. The number of hydrogen-bond acceptors (Lipinski definition) is 6.